The summed E-state index contributed by atoms with van der Waals surface area (Å²) in [5.74, 6) is 3.12. The van der Waals surface area contributed by atoms with Gasteiger partial charge in [0.05, 0.1) is 13.7 Å². The monoisotopic (exact) mass is 273 g/mol. The topological polar surface area (TPSA) is 54.5 Å². The van der Waals surface area contributed by atoms with E-state index < -0.39 is 0 Å². The van der Waals surface area contributed by atoms with Gasteiger partial charge in [0.15, 0.2) is 0 Å². The summed E-state index contributed by atoms with van der Waals surface area (Å²) in [5.41, 5.74) is 0.617. The van der Waals surface area contributed by atoms with E-state index in [0.29, 0.717) is 18.1 Å². The minimum Gasteiger partial charge on any atom is -0.480 e. The van der Waals surface area contributed by atoms with Crippen molar-refractivity contribution < 1.29 is 9.53 Å². The number of anilines is 1. The molecule has 0 spiro atoms. The van der Waals surface area contributed by atoms with Gasteiger partial charge in [-0.2, -0.15) is 0 Å². The lowest BCUT2D eigenvalue weighted by Crippen LogP contribution is -2.38. The van der Waals surface area contributed by atoms with E-state index in [-0.39, 0.29) is 11.8 Å². The molecule has 5 nitrogen and oxygen atoms in total. The van der Waals surface area contributed by atoms with E-state index in [9.17, 15) is 4.79 Å². The third-order valence-electron chi connectivity index (χ3n) is 3.50. The third-order valence-corrected chi connectivity index (χ3v) is 3.50. The number of hydrogen-bond acceptors (Lipinski definition) is 4. The van der Waals surface area contributed by atoms with Crippen LogP contribution in [0.1, 0.15) is 12.8 Å². The summed E-state index contributed by atoms with van der Waals surface area (Å²) < 4.78 is 5.13. The van der Waals surface area contributed by atoms with E-state index >= 15 is 0 Å². The average molecular weight is 273 g/mol. The van der Waals surface area contributed by atoms with Crippen LogP contribution < -0.4 is 10.1 Å². The third kappa shape index (κ3) is 3.49. The van der Waals surface area contributed by atoms with Crippen molar-refractivity contribution in [2.45, 2.75) is 12.8 Å². The van der Waals surface area contributed by atoms with Gasteiger partial charge in [-0.05, 0) is 38.1 Å². The number of amides is 1. The fraction of sp³-hybridized carbons (Fsp3) is 0.467. The van der Waals surface area contributed by atoms with Crippen LogP contribution >= 0.6 is 0 Å². The van der Waals surface area contributed by atoms with Crippen LogP contribution in [0.25, 0.3) is 0 Å². The zero-order chi connectivity index (χ0) is 14.4. The smallest absolute Gasteiger partial charge is 0.237 e. The Morgan fingerprint density at radius 1 is 1.60 bits per heavy atom. The predicted octanol–water partition coefficient (Wildman–Crippen LogP) is 1.37. The quantitative estimate of drug-likeness (QED) is 0.842. The van der Waals surface area contributed by atoms with Crippen LogP contribution in [0.5, 0.6) is 5.88 Å². The van der Waals surface area contributed by atoms with Gasteiger partial charge in [0, 0.05) is 12.1 Å². The molecule has 1 aliphatic rings. The Hall–Kier alpha value is -2.06. The molecule has 0 radical (unpaired) electrons. The molecule has 5 heteroatoms. The molecular formula is C15H19N3O2. The number of hydrogen-bond donors (Lipinski definition) is 1. The van der Waals surface area contributed by atoms with Crippen molar-refractivity contribution in [3.05, 3.63) is 18.3 Å². The van der Waals surface area contributed by atoms with Crippen LogP contribution in [0.3, 0.4) is 0 Å². The van der Waals surface area contributed by atoms with E-state index in [1.165, 1.54) is 7.11 Å². The molecular weight excluding hydrogens is 254 g/mol. The number of rotatable bonds is 4. The highest BCUT2D eigenvalue weighted by molar-refractivity contribution is 5.93. The van der Waals surface area contributed by atoms with E-state index in [2.05, 4.69) is 21.1 Å². The second kappa shape index (κ2) is 6.92. The van der Waals surface area contributed by atoms with Crippen molar-refractivity contribution in [2.24, 2.45) is 5.92 Å². The fourth-order valence-corrected chi connectivity index (χ4v) is 2.37. The molecule has 0 aromatic carbocycles. The summed E-state index contributed by atoms with van der Waals surface area (Å²) in [4.78, 5) is 18.5. The van der Waals surface area contributed by atoms with Crippen molar-refractivity contribution in [1.82, 2.24) is 9.88 Å². The number of likely N-dealkylation sites (tertiary alicyclic amines) is 1. The summed E-state index contributed by atoms with van der Waals surface area (Å²) in [6.07, 6.45) is 8.59. The summed E-state index contributed by atoms with van der Waals surface area (Å²) >= 11 is 0. The first-order chi connectivity index (χ1) is 9.74. The van der Waals surface area contributed by atoms with Gasteiger partial charge >= 0.3 is 0 Å². The number of methoxy groups -OCH3 is 1. The van der Waals surface area contributed by atoms with Gasteiger partial charge < -0.3 is 10.1 Å². The molecule has 1 N–H and O–H groups in total. The molecule has 1 aliphatic heterocycles. The van der Waals surface area contributed by atoms with Gasteiger partial charge in [-0.15, -0.1) is 6.42 Å². The summed E-state index contributed by atoms with van der Waals surface area (Å²) in [6, 6.07) is 3.56. The maximum absolute atomic E-state index is 12.2. The van der Waals surface area contributed by atoms with Gasteiger partial charge in [-0.1, -0.05) is 5.92 Å². The number of aromatic nitrogens is 1. The minimum absolute atomic E-state index is 0.0222. The highest BCUT2D eigenvalue weighted by Crippen LogP contribution is 2.23. The molecule has 1 amide bonds. The Bertz CT molecular complexity index is 502. The van der Waals surface area contributed by atoms with Crippen LogP contribution in [-0.2, 0) is 4.79 Å². The Morgan fingerprint density at radius 3 is 3.00 bits per heavy atom. The largest absolute Gasteiger partial charge is 0.480 e. The standard InChI is InChI=1S/C15H19N3O2/c1-3-9-18-10-6-12(7-11-18)14(19)17-13-5-4-8-16-15(13)20-2/h1,4-5,8,12H,6-7,9-11H2,2H3,(H,17,19). The molecule has 106 valence electrons. The van der Waals surface area contributed by atoms with Gasteiger partial charge in [-0.25, -0.2) is 4.98 Å². The second-order valence-electron chi connectivity index (χ2n) is 4.80. The van der Waals surface area contributed by atoms with E-state index in [4.69, 9.17) is 11.2 Å². The first-order valence-corrected chi connectivity index (χ1v) is 6.70. The van der Waals surface area contributed by atoms with Crippen molar-refractivity contribution in [2.75, 3.05) is 32.1 Å². The Balaban J connectivity index is 1.91. The van der Waals surface area contributed by atoms with Gasteiger partial charge in [0.25, 0.3) is 0 Å². The number of piperidine rings is 1. The molecule has 1 fully saturated rings. The van der Waals surface area contributed by atoms with Crippen molar-refractivity contribution in [3.63, 3.8) is 0 Å². The van der Waals surface area contributed by atoms with Crippen LogP contribution in [0, 0.1) is 18.3 Å². The molecule has 0 atom stereocenters. The van der Waals surface area contributed by atoms with Crippen LogP contribution in [0.4, 0.5) is 5.69 Å². The van der Waals surface area contributed by atoms with Crippen LogP contribution in [0.15, 0.2) is 18.3 Å². The minimum atomic E-state index is 0.0222. The van der Waals surface area contributed by atoms with E-state index in [0.717, 1.165) is 25.9 Å². The zero-order valence-electron chi connectivity index (χ0n) is 11.6. The van der Waals surface area contributed by atoms with E-state index in [1.54, 1.807) is 18.3 Å². The molecule has 20 heavy (non-hydrogen) atoms. The number of nitrogens with one attached hydrogen (secondary N) is 1. The SMILES string of the molecule is C#CCN1CCC(C(=O)Nc2cccnc2OC)CC1. The normalized spacial score (nSPS) is 16.4. The second-order valence-corrected chi connectivity index (χ2v) is 4.80. The Morgan fingerprint density at radius 2 is 2.35 bits per heavy atom. The predicted molar refractivity (Wildman–Crippen MR) is 77.4 cm³/mol. The first-order valence-electron chi connectivity index (χ1n) is 6.70. The molecule has 2 rings (SSSR count). The van der Waals surface area contributed by atoms with Gasteiger partial charge in [0.1, 0.15) is 5.69 Å². The highest BCUT2D eigenvalue weighted by Gasteiger charge is 2.25. The fourth-order valence-electron chi connectivity index (χ4n) is 2.37. The number of carbonyl (C=O) groups excluding carboxylic acids is 1. The van der Waals surface area contributed by atoms with Crippen LogP contribution in [-0.4, -0.2) is 42.5 Å². The molecule has 2 heterocycles. The van der Waals surface area contributed by atoms with Gasteiger partial charge in [0.2, 0.25) is 11.8 Å². The molecule has 1 aromatic heterocycles. The zero-order valence-corrected chi connectivity index (χ0v) is 11.6. The molecule has 1 saturated heterocycles. The summed E-state index contributed by atoms with van der Waals surface area (Å²) in [5, 5.41) is 2.89. The molecule has 0 bridgehead atoms. The lowest BCUT2D eigenvalue weighted by Gasteiger charge is -2.29. The van der Waals surface area contributed by atoms with Crippen molar-refractivity contribution in [3.8, 4) is 18.2 Å². The number of pyridine rings is 1. The summed E-state index contributed by atoms with van der Waals surface area (Å²) in [7, 11) is 1.54. The number of ether oxygens (including phenoxy) is 1. The maximum atomic E-state index is 12.2. The lowest BCUT2D eigenvalue weighted by molar-refractivity contribution is -0.121. The molecule has 0 unspecified atom stereocenters. The Labute approximate surface area is 119 Å². The number of nitrogens with zero attached hydrogens (tertiary/aromatic N) is 2. The highest BCUT2D eigenvalue weighted by atomic mass is 16.5. The summed E-state index contributed by atoms with van der Waals surface area (Å²) in [6.45, 7) is 2.39. The lowest BCUT2D eigenvalue weighted by atomic mass is 9.96. The average Bonchev–Trinajstić information content (AvgIpc) is 2.49. The van der Waals surface area contributed by atoms with Crippen molar-refractivity contribution in [1.29, 1.82) is 0 Å². The van der Waals surface area contributed by atoms with Crippen LogP contribution in [0.2, 0.25) is 0 Å². The van der Waals surface area contributed by atoms with Crippen molar-refractivity contribution >= 4 is 11.6 Å². The molecule has 1 aromatic rings. The Kier molecular flexibility index (Phi) is 4.97. The maximum Gasteiger partial charge on any atom is 0.237 e. The number of carbonyl (C=O) groups is 1. The molecule has 0 saturated carbocycles. The number of terminal acetylenes is 1. The molecule has 0 aliphatic carbocycles. The van der Waals surface area contributed by atoms with E-state index in [1.807, 2.05) is 0 Å². The van der Waals surface area contributed by atoms with Gasteiger partial charge in [-0.3, -0.25) is 9.69 Å². The first kappa shape index (κ1) is 14.4.